The molecule has 3 aromatic rings. The molecule has 3 rings (SSSR count). The lowest BCUT2D eigenvalue weighted by molar-refractivity contribution is -0.124. The molecule has 1 aromatic heterocycles. The third-order valence-corrected chi connectivity index (χ3v) is 4.04. The van der Waals surface area contributed by atoms with Gasteiger partial charge in [-0.15, -0.1) is 0 Å². The highest BCUT2D eigenvalue weighted by molar-refractivity contribution is 5.97. The quantitative estimate of drug-likeness (QED) is 0.673. The summed E-state index contributed by atoms with van der Waals surface area (Å²) in [6.07, 6.45) is 5.16. The molecule has 3 N–H and O–H groups in total. The van der Waals surface area contributed by atoms with E-state index in [9.17, 15) is 9.59 Å². The van der Waals surface area contributed by atoms with Crippen LogP contribution in [0.4, 0.5) is 0 Å². The molecule has 2 aromatic carbocycles. The number of carbonyl (C=O) groups is 2. The van der Waals surface area contributed by atoms with Gasteiger partial charge in [0.25, 0.3) is 0 Å². The molecular weight excluding hydrogens is 326 g/mol. The molecule has 0 aliphatic carbocycles. The molecule has 1 unspecified atom stereocenters. The smallest absolute Gasteiger partial charge is 0.244 e. The third kappa shape index (κ3) is 4.33. The number of rotatable bonds is 6. The zero-order chi connectivity index (χ0) is 18.4. The van der Waals surface area contributed by atoms with Gasteiger partial charge in [-0.2, -0.15) is 0 Å². The minimum absolute atomic E-state index is 0.355. The Hall–Kier alpha value is -3.47. The van der Waals surface area contributed by atoms with E-state index >= 15 is 0 Å². The number of para-hydroxylation sites is 1. The largest absolute Gasteiger partial charge is 0.368 e. The van der Waals surface area contributed by atoms with Gasteiger partial charge in [0.2, 0.25) is 11.8 Å². The van der Waals surface area contributed by atoms with Crippen LogP contribution in [0, 0.1) is 0 Å². The summed E-state index contributed by atoms with van der Waals surface area (Å²) in [5.74, 6) is -0.935. The second-order valence-electron chi connectivity index (χ2n) is 5.90. The van der Waals surface area contributed by atoms with Gasteiger partial charge in [-0.1, -0.05) is 48.5 Å². The summed E-state index contributed by atoms with van der Waals surface area (Å²) in [5, 5.41) is 3.62. The number of nitrogens with one attached hydrogen (secondary N) is 1. The SMILES string of the molecule is NC(=O)C(Cc1ccccc1)NC(=O)/C=C/c1ccnc2ccccc12. The van der Waals surface area contributed by atoms with Crippen LogP contribution in [0.15, 0.2) is 72.9 Å². The Balaban J connectivity index is 1.72. The first-order valence-electron chi connectivity index (χ1n) is 8.29. The molecule has 0 saturated carbocycles. The van der Waals surface area contributed by atoms with Crippen LogP contribution in [-0.2, 0) is 16.0 Å². The van der Waals surface area contributed by atoms with E-state index in [1.165, 1.54) is 6.08 Å². The molecular formula is C21H19N3O2. The Labute approximate surface area is 151 Å². The number of nitrogens with two attached hydrogens (primary N) is 1. The maximum Gasteiger partial charge on any atom is 0.244 e. The minimum Gasteiger partial charge on any atom is -0.368 e. The monoisotopic (exact) mass is 345 g/mol. The lowest BCUT2D eigenvalue weighted by atomic mass is 10.1. The Morgan fingerprint density at radius 3 is 2.54 bits per heavy atom. The van der Waals surface area contributed by atoms with Gasteiger partial charge in [-0.3, -0.25) is 14.6 Å². The van der Waals surface area contributed by atoms with Gasteiger partial charge in [0.05, 0.1) is 5.52 Å². The van der Waals surface area contributed by atoms with E-state index in [2.05, 4.69) is 10.3 Å². The molecule has 0 aliphatic rings. The Kier molecular flexibility index (Phi) is 5.39. The van der Waals surface area contributed by atoms with Gasteiger partial charge in [-0.25, -0.2) is 0 Å². The van der Waals surface area contributed by atoms with Crippen molar-refractivity contribution in [1.82, 2.24) is 10.3 Å². The first-order valence-corrected chi connectivity index (χ1v) is 8.29. The van der Waals surface area contributed by atoms with Crippen molar-refractivity contribution in [3.63, 3.8) is 0 Å². The fraction of sp³-hybridized carbons (Fsp3) is 0.0952. The third-order valence-electron chi connectivity index (χ3n) is 4.04. The second kappa shape index (κ2) is 8.07. The first-order chi connectivity index (χ1) is 12.6. The highest BCUT2D eigenvalue weighted by Gasteiger charge is 2.17. The minimum atomic E-state index is -0.760. The van der Waals surface area contributed by atoms with Gasteiger partial charge in [0.1, 0.15) is 6.04 Å². The molecule has 0 saturated heterocycles. The molecule has 130 valence electrons. The van der Waals surface area contributed by atoms with E-state index < -0.39 is 11.9 Å². The van der Waals surface area contributed by atoms with E-state index in [0.717, 1.165) is 22.0 Å². The zero-order valence-electron chi connectivity index (χ0n) is 14.1. The van der Waals surface area contributed by atoms with Crippen molar-refractivity contribution >= 4 is 28.8 Å². The molecule has 5 heteroatoms. The van der Waals surface area contributed by atoms with Crippen LogP contribution in [0.1, 0.15) is 11.1 Å². The summed E-state index contributed by atoms with van der Waals surface area (Å²) in [6, 6.07) is 18.2. The van der Waals surface area contributed by atoms with Gasteiger partial charge in [0, 0.05) is 24.1 Å². The highest BCUT2D eigenvalue weighted by Crippen LogP contribution is 2.17. The summed E-state index contributed by atoms with van der Waals surface area (Å²) >= 11 is 0. The molecule has 26 heavy (non-hydrogen) atoms. The number of fused-ring (bicyclic) bond motifs is 1. The topological polar surface area (TPSA) is 85.1 Å². The number of hydrogen-bond donors (Lipinski definition) is 2. The van der Waals surface area contributed by atoms with Crippen LogP contribution in [0.25, 0.3) is 17.0 Å². The van der Waals surface area contributed by atoms with Crippen molar-refractivity contribution < 1.29 is 9.59 Å². The van der Waals surface area contributed by atoms with E-state index in [-0.39, 0.29) is 5.91 Å². The zero-order valence-corrected chi connectivity index (χ0v) is 14.1. The lowest BCUT2D eigenvalue weighted by Gasteiger charge is -2.14. The molecule has 0 radical (unpaired) electrons. The van der Waals surface area contributed by atoms with E-state index in [1.54, 1.807) is 12.3 Å². The van der Waals surface area contributed by atoms with E-state index in [0.29, 0.717) is 6.42 Å². The number of hydrogen-bond acceptors (Lipinski definition) is 3. The number of aromatic nitrogens is 1. The predicted molar refractivity (Wildman–Crippen MR) is 102 cm³/mol. The van der Waals surface area contributed by atoms with Gasteiger partial charge < -0.3 is 11.1 Å². The van der Waals surface area contributed by atoms with Crippen molar-refractivity contribution in [1.29, 1.82) is 0 Å². The fourth-order valence-electron chi connectivity index (χ4n) is 2.72. The van der Waals surface area contributed by atoms with Crippen LogP contribution in [0.2, 0.25) is 0 Å². The predicted octanol–water partition coefficient (Wildman–Crippen LogP) is 2.46. The van der Waals surface area contributed by atoms with E-state index in [4.69, 9.17) is 5.73 Å². The van der Waals surface area contributed by atoms with Gasteiger partial charge in [0.15, 0.2) is 0 Å². The number of primary amides is 1. The van der Waals surface area contributed by atoms with Crippen molar-refractivity contribution in [2.45, 2.75) is 12.5 Å². The van der Waals surface area contributed by atoms with Crippen molar-refractivity contribution in [3.8, 4) is 0 Å². The highest BCUT2D eigenvalue weighted by atomic mass is 16.2. The number of benzene rings is 2. The average Bonchev–Trinajstić information content (AvgIpc) is 2.66. The second-order valence-corrected chi connectivity index (χ2v) is 5.90. The summed E-state index contributed by atoms with van der Waals surface area (Å²) < 4.78 is 0. The van der Waals surface area contributed by atoms with Crippen LogP contribution >= 0.6 is 0 Å². The molecule has 1 heterocycles. The molecule has 0 aliphatic heterocycles. The fourth-order valence-corrected chi connectivity index (χ4v) is 2.72. The van der Waals surface area contributed by atoms with Gasteiger partial charge in [-0.05, 0) is 29.3 Å². The molecule has 0 bridgehead atoms. The Bertz CT molecular complexity index is 946. The van der Waals surface area contributed by atoms with Crippen LogP contribution in [0.3, 0.4) is 0 Å². The van der Waals surface area contributed by atoms with Crippen molar-refractivity contribution in [2.75, 3.05) is 0 Å². The molecule has 0 fully saturated rings. The van der Waals surface area contributed by atoms with E-state index in [1.807, 2.05) is 60.7 Å². The standard InChI is InChI=1S/C21H19N3O2/c22-21(26)19(14-15-6-2-1-3-7-15)24-20(25)11-10-16-12-13-23-18-9-5-4-8-17(16)18/h1-13,19H,14H2,(H2,22,26)(H,24,25)/b11-10+. The number of pyridine rings is 1. The van der Waals surface area contributed by atoms with Crippen LogP contribution in [0.5, 0.6) is 0 Å². The molecule has 1 atom stereocenters. The van der Waals surface area contributed by atoms with Crippen LogP contribution in [-0.4, -0.2) is 22.8 Å². The van der Waals surface area contributed by atoms with Crippen molar-refractivity contribution in [3.05, 3.63) is 84.1 Å². The van der Waals surface area contributed by atoms with Crippen LogP contribution < -0.4 is 11.1 Å². The maximum absolute atomic E-state index is 12.2. The molecule has 5 nitrogen and oxygen atoms in total. The number of carbonyl (C=O) groups excluding carboxylic acids is 2. The normalized spacial score (nSPS) is 12.2. The summed E-state index contributed by atoms with van der Waals surface area (Å²) in [6.45, 7) is 0. The average molecular weight is 345 g/mol. The number of nitrogens with zero attached hydrogens (tertiary/aromatic N) is 1. The van der Waals surface area contributed by atoms with Crippen molar-refractivity contribution in [2.24, 2.45) is 5.73 Å². The van der Waals surface area contributed by atoms with Gasteiger partial charge >= 0.3 is 0 Å². The maximum atomic E-state index is 12.2. The first kappa shape index (κ1) is 17.4. The Morgan fingerprint density at radius 2 is 1.77 bits per heavy atom. The summed E-state index contributed by atoms with van der Waals surface area (Å²) in [5.41, 5.74) is 8.09. The Morgan fingerprint density at radius 1 is 1.04 bits per heavy atom. The summed E-state index contributed by atoms with van der Waals surface area (Å²) in [7, 11) is 0. The molecule has 0 spiro atoms. The lowest BCUT2D eigenvalue weighted by Crippen LogP contribution is -2.45. The summed E-state index contributed by atoms with van der Waals surface area (Å²) in [4.78, 5) is 28.2. The number of amides is 2. The molecule has 2 amide bonds.